The van der Waals surface area contributed by atoms with Gasteiger partial charge in [-0.05, 0) is 23.8 Å². The molecule has 0 aliphatic rings. The molecule has 2 rings (SSSR count). The molecular weight excluding hydrogens is 305 g/mol. The fourth-order valence-corrected chi connectivity index (χ4v) is 1.98. The summed E-state index contributed by atoms with van der Waals surface area (Å²) in [5, 5.41) is 9.15. The molecule has 3 nitrogen and oxygen atoms in total. The van der Waals surface area contributed by atoms with E-state index in [1.165, 1.54) is 24.4 Å². The first-order chi connectivity index (χ1) is 9.89. The van der Waals surface area contributed by atoms with Gasteiger partial charge in [0.05, 0.1) is 23.2 Å². The first-order valence-electron chi connectivity index (χ1n) is 5.76. The van der Waals surface area contributed by atoms with Crippen LogP contribution in [0.4, 0.5) is 13.2 Å². The molecule has 0 aliphatic carbocycles. The number of aromatic nitrogens is 1. The van der Waals surface area contributed by atoms with Crippen LogP contribution in [0.5, 0.6) is 5.75 Å². The van der Waals surface area contributed by atoms with Gasteiger partial charge in [0.25, 0.3) is 0 Å². The van der Waals surface area contributed by atoms with Crippen molar-refractivity contribution in [3.05, 3.63) is 47.1 Å². The third-order valence-electron chi connectivity index (χ3n) is 2.54. The zero-order valence-corrected chi connectivity index (χ0v) is 11.2. The highest BCUT2D eigenvalue weighted by Gasteiger charge is 2.31. The summed E-state index contributed by atoms with van der Waals surface area (Å²) in [6, 6.07) is 8.93. The van der Waals surface area contributed by atoms with Crippen molar-refractivity contribution in [1.29, 1.82) is 5.26 Å². The van der Waals surface area contributed by atoms with E-state index in [0.717, 1.165) is 0 Å². The van der Waals surface area contributed by atoms with E-state index < -0.39 is 6.36 Å². The minimum atomic E-state index is -4.76. The maximum absolute atomic E-state index is 12.2. The third-order valence-corrected chi connectivity index (χ3v) is 2.75. The third kappa shape index (κ3) is 4.10. The van der Waals surface area contributed by atoms with Gasteiger partial charge in [0.15, 0.2) is 0 Å². The average Bonchev–Trinajstić information content (AvgIpc) is 2.37. The Morgan fingerprint density at radius 2 is 2.05 bits per heavy atom. The molecule has 1 aromatic carbocycles. The minimum absolute atomic E-state index is 0.0489. The molecule has 108 valence electrons. The van der Waals surface area contributed by atoms with Crippen LogP contribution in [0.1, 0.15) is 5.56 Å². The summed E-state index contributed by atoms with van der Waals surface area (Å²) in [5.74, 6) is -0.348. The topological polar surface area (TPSA) is 45.9 Å². The molecule has 0 fully saturated rings. The van der Waals surface area contributed by atoms with Crippen molar-refractivity contribution < 1.29 is 17.9 Å². The normalized spacial score (nSPS) is 11.0. The number of halogens is 4. The number of benzene rings is 1. The highest BCUT2D eigenvalue weighted by atomic mass is 35.5. The van der Waals surface area contributed by atoms with E-state index in [-0.39, 0.29) is 12.2 Å². The van der Waals surface area contributed by atoms with Gasteiger partial charge >= 0.3 is 6.36 Å². The molecular formula is C14H8ClF3N2O. The number of hydrogen-bond acceptors (Lipinski definition) is 3. The molecule has 0 radical (unpaired) electrons. The summed E-state index contributed by atoms with van der Waals surface area (Å²) in [6.45, 7) is 0. The van der Waals surface area contributed by atoms with E-state index in [4.69, 9.17) is 16.9 Å². The Kier molecular flexibility index (Phi) is 4.34. The molecule has 0 atom stereocenters. The second kappa shape index (κ2) is 6.02. The second-order valence-electron chi connectivity index (χ2n) is 4.07. The Balaban J connectivity index is 2.43. The van der Waals surface area contributed by atoms with Gasteiger partial charge in [-0.2, -0.15) is 5.26 Å². The predicted octanol–water partition coefficient (Wildman–Crippen LogP) is 4.37. The van der Waals surface area contributed by atoms with Crippen molar-refractivity contribution in [3.8, 4) is 23.1 Å². The van der Waals surface area contributed by atoms with Crippen LogP contribution in [0.3, 0.4) is 0 Å². The fourth-order valence-electron chi connectivity index (χ4n) is 1.80. The monoisotopic (exact) mass is 312 g/mol. The van der Waals surface area contributed by atoms with E-state index in [0.29, 0.717) is 21.8 Å². The van der Waals surface area contributed by atoms with E-state index >= 15 is 0 Å². The Morgan fingerprint density at radius 1 is 1.29 bits per heavy atom. The maximum atomic E-state index is 12.2. The molecule has 0 saturated carbocycles. The van der Waals surface area contributed by atoms with Crippen molar-refractivity contribution in [3.63, 3.8) is 0 Å². The molecule has 0 amide bonds. The van der Waals surface area contributed by atoms with Gasteiger partial charge in [-0.25, -0.2) is 0 Å². The number of nitriles is 1. The maximum Gasteiger partial charge on any atom is 0.573 e. The lowest BCUT2D eigenvalue weighted by Gasteiger charge is -2.11. The van der Waals surface area contributed by atoms with Crippen LogP contribution < -0.4 is 4.74 Å². The Labute approximate surface area is 123 Å². The van der Waals surface area contributed by atoms with E-state index in [1.54, 1.807) is 12.1 Å². The summed E-state index contributed by atoms with van der Waals surface area (Å²) in [5.41, 5.74) is 1.35. The highest BCUT2D eigenvalue weighted by molar-refractivity contribution is 6.30. The van der Waals surface area contributed by atoms with E-state index in [1.807, 2.05) is 6.07 Å². The van der Waals surface area contributed by atoms with Gasteiger partial charge in [0, 0.05) is 11.8 Å². The van der Waals surface area contributed by atoms with Gasteiger partial charge in [-0.15, -0.1) is 13.2 Å². The average molecular weight is 313 g/mol. The van der Waals surface area contributed by atoms with Gasteiger partial charge in [0.2, 0.25) is 0 Å². The molecule has 21 heavy (non-hydrogen) atoms. The quantitative estimate of drug-likeness (QED) is 0.845. The van der Waals surface area contributed by atoms with Crippen LogP contribution in [0.2, 0.25) is 5.02 Å². The van der Waals surface area contributed by atoms with Crippen LogP contribution >= 0.6 is 11.6 Å². The van der Waals surface area contributed by atoms with Crippen LogP contribution in [-0.2, 0) is 6.42 Å². The van der Waals surface area contributed by atoms with Crippen LogP contribution in [0.15, 0.2) is 36.5 Å². The Hall–Kier alpha value is -2.26. The highest BCUT2D eigenvalue weighted by Crippen LogP contribution is 2.29. The SMILES string of the molecule is N#CCc1cc(Cl)cnc1-c1cccc(OC(F)(F)F)c1. The lowest BCUT2D eigenvalue weighted by Crippen LogP contribution is -2.17. The first-order valence-corrected chi connectivity index (χ1v) is 6.14. The van der Waals surface area contributed by atoms with Crippen LogP contribution in [0, 0.1) is 11.3 Å². The Morgan fingerprint density at radius 3 is 2.71 bits per heavy atom. The molecule has 1 aromatic heterocycles. The summed E-state index contributed by atoms with van der Waals surface area (Å²) >= 11 is 5.81. The fraction of sp³-hybridized carbons (Fsp3) is 0.143. The largest absolute Gasteiger partial charge is 0.573 e. The van der Waals surface area contributed by atoms with Crippen molar-refractivity contribution in [1.82, 2.24) is 4.98 Å². The molecule has 0 spiro atoms. The predicted molar refractivity (Wildman–Crippen MR) is 70.7 cm³/mol. The van der Waals surface area contributed by atoms with Gasteiger partial charge < -0.3 is 4.74 Å². The van der Waals surface area contributed by atoms with Crippen molar-refractivity contribution in [2.45, 2.75) is 12.8 Å². The molecule has 0 bridgehead atoms. The van der Waals surface area contributed by atoms with E-state index in [2.05, 4.69) is 9.72 Å². The number of pyridine rings is 1. The zero-order valence-electron chi connectivity index (χ0n) is 10.5. The summed E-state index contributed by atoms with van der Waals surface area (Å²) in [6.07, 6.45) is -3.34. The number of alkyl halides is 3. The first kappa shape index (κ1) is 15.1. The van der Waals surface area contributed by atoms with E-state index in [9.17, 15) is 13.2 Å². The van der Waals surface area contributed by atoms with Gasteiger partial charge in [0.1, 0.15) is 5.75 Å². The molecule has 1 heterocycles. The van der Waals surface area contributed by atoms with Crippen LogP contribution in [-0.4, -0.2) is 11.3 Å². The molecule has 0 N–H and O–H groups in total. The minimum Gasteiger partial charge on any atom is -0.406 e. The van der Waals surface area contributed by atoms with Gasteiger partial charge in [-0.1, -0.05) is 23.7 Å². The van der Waals surface area contributed by atoms with Crippen molar-refractivity contribution in [2.75, 3.05) is 0 Å². The number of rotatable bonds is 3. The zero-order chi connectivity index (χ0) is 15.5. The number of ether oxygens (including phenoxy) is 1. The summed E-state index contributed by atoms with van der Waals surface area (Å²) in [4.78, 5) is 4.08. The molecule has 0 aliphatic heterocycles. The summed E-state index contributed by atoms with van der Waals surface area (Å²) < 4.78 is 40.6. The molecule has 7 heteroatoms. The molecule has 0 saturated heterocycles. The molecule has 2 aromatic rings. The second-order valence-corrected chi connectivity index (χ2v) is 4.51. The molecule has 0 unspecified atom stereocenters. The van der Waals surface area contributed by atoms with Crippen LogP contribution in [0.25, 0.3) is 11.3 Å². The van der Waals surface area contributed by atoms with Crippen molar-refractivity contribution in [2.24, 2.45) is 0 Å². The lowest BCUT2D eigenvalue weighted by molar-refractivity contribution is -0.274. The number of nitrogens with zero attached hydrogens (tertiary/aromatic N) is 2. The smallest absolute Gasteiger partial charge is 0.406 e. The van der Waals surface area contributed by atoms with Gasteiger partial charge in [-0.3, -0.25) is 4.98 Å². The number of hydrogen-bond donors (Lipinski definition) is 0. The standard InChI is InChI=1S/C14H8ClF3N2O/c15-11-6-10(4-5-19)13(20-8-11)9-2-1-3-12(7-9)21-14(16,17)18/h1-3,6-8H,4H2. The summed E-state index contributed by atoms with van der Waals surface area (Å²) in [7, 11) is 0. The van der Waals surface area contributed by atoms with Crippen molar-refractivity contribution >= 4 is 11.6 Å². The Bertz CT molecular complexity index is 695. The lowest BCUT2D eigenvalue weighted by atomic mass is 10.0.